The van der Waals surface area contributed by atoms with Crippen LogP contribution >= 0.6 is 0 Å². The maximum Gasteiger partial charge on any atom is 0.322 e. The molecule has 3 heterocycles. The fourth-order valence-corrected chi connectivity index (χ4v) is 4.06. The van der Waals surface area contributed by atoms with Crippen molar-refractivity contribution in [3.8, 4) is 0 Å². The van der Waals surface area contributed by atoms with Crippen LogP contribution in [0.5, 0.6) is 0 Å². The van der Waals surface area contributed by atoms with Gasteiger partial charge in [0.25, 0.3) is 5.91 Å². The lowest BCUT2D eigenvalue weighted by Gasteiger charge is -2.31. The molecule has 1 aromatic carbocycles. The molecular weight excluding hydrogens is 363 g/mol. The average molecular weight is 386 g/mol. The van der Waals surface area contributed by atoms with Crippen molar-refractivity contribution in [2.75, 3.05) is 33.2 Å². The molecule has 1 saturated heterocycles. The maximum atomic E-state index is 13.3. The Morgan fingerprint density at radius 2 is 1.82 bits per heavy atom. The van der Waals surface area contributed by atoms with Crippen LogP contribution in [0.1, 0.15) is 30.9 Å². The van der Waals surface area contributed by atoms with E-state index in [0.717, 1.165) is 32.4 Å². The molecule has 4 rings (SSSR count). The zero-order valence-electron chi connectivity index (χ0n) is 15.8. The number of rotatable bonds is 3. The lowest BCUT2D eigenvalue weighted by Crippen LogP contribution is -2.45. The monoisotopic (exact) mass is 386 g/mol. The topological polar surface area (TPSA) is 73.0 Å². The molecule has 1 atom stereocenters. The minimum absolute atomic E-state index is 0.00397. The van der Waals surface area contributed by atoms with Crippen molar-refractivity contribution >= 4 is 17.8 Å². The number of carbonyl (C=O) groups is 3. The number of hydrogen-bond acceptors (Lipinski definition) is 3. The molecule has 148 valence electrons. The first-order chi connectivity index (χ1) is 13.5. The number of amides is 4. The van der Waals surface area contributed by atoms with Gasteiger partial charge in [0.1, 0.15) is 12.4 Å². The third-order valence-corrected chi connectivity index (χ3v) is 5.67. The first-order valence-electron chi connectivity index (χ1n) is 9.55. The fourth-order valence-electron chi connectivity index (χ4n) is 4.06. The van der Waals surface area contributed by atoms with Crippen LogP contribution in [0.4, 0.5) is 9.18 Å². The molecule has 3 aliphatic heterocycles. The van der Waals surface area contributed by atoms with Gasteiger partial charge in [-0.1, -0.05) is 12.1 Å². The van der Waals surface area contributed by atoms with Crippen molar-refractivity contribution in [1.82, 2.24) is 20.0 Å². The molecule has 1 aromatic rings. The Hall–Kier alpha value is -2.90. The molecule has 0 radical (unpaired) electrons. The fraction of sp³-hybridized carbons (Fsp3) is 0.450. The van der Waals surface area contributed by atoms with Gasteiger partial charge in [-0.3, -0.25) is 14.5 Å². The molecule has 0 aromatic heterocycles. The van der Waals surface area contributed by atoms with Crippen molar-refractivity contribution in [1.29, 1.82) is 0 Å². The highest BCUT2D eigenvalue weighted by molar-refractivity contribution is 6.02. The van der Waals surface area contributed by atoms with Gasteiger partial charge >= 0.3 is 6.03 Å². The molecule has 28 heavy (non-hydrogen) atoms. The average Bonchev–Trinajstić information content (AvgIpc) is 3.03. The molecule has 1 unspecified atom stereocenters. The van der Waals surface area contributed by atoms with Crippen molar-refractivity contribution in [3.05, 3.63) is 46.9 Å². The van der Waals surface area contributed by atoms with Gasteiger partial charge in [0.2, 0.25) is 5.91 Å². The molecule has 7 nitrogen and oxygen atoms in total. The van der Waals surface area contributed by atoms with Gasteiger partial charge in [-0.2, -0.15) is 0 Å². The van der Waals surface area contributed by atoms with Crippen LogP contribution in [0.2, 0.25) is 0 Å². The molecule has 1 fully saturated rings. The molecule has 0 aliphatic carbocycles. The number of nitrogens with one attached hydrogen (secondary N) is 1. The van der Waals surface area contributed by atoms with Crippen LogP contribution < -0.4 is 5.32 Å². The van der Waals surface area contributed by atoms with Gasteiger partial charge in [-0.05, 0) is 37.0 Å². The largest absolute Gasteiger partial charge is 0.341 e. The second-order valence-corrected chi connectivity index (χ2v) is 7.46. The summed E-state index contributed by atoms with van der Waals surface area (Å²) in [7, 11) is 1.61. The minimum Gasteiger partial charge on any atom is -0.341 e. The van der Waals surface area contributed by atoms with Crippen LogP contribution in [0.25, 0.3) is 0 Å². The number of piperidine rings is 1. The number of benzene rings is 1. The number of likely N-dealkylation sites (N-methyl/N-ethyl adjacent to an activating group) is 1. The van der Waals surface area contributed by atoms with Gasteiger partial charge in [-0.25, -0.2) is 9.18 Å². The van der Waals surface area contributed by atoms with E-state index in [1.165, 1.54) is 21.9 Å². The minimum atomic E-state index is -0.651. The summed E-state index contributed by atoms with van der Waals surface area (Å²) in [6.45, 7) is 1.68. The lowest BCUT2D eigenvalue weighted by atomic mass is 9.96. The highest BCUT2D eigenvalue weighted by Gasteiger charge is 2.43. The van der Waals surface area contributed by atoms with Gasteiger partial charge in [0.15, 0.2) is 0 Å². The summed E-state index contributed by atoms with van der Waals surface area (Å²) >= 11 is 0. The maximum absolute atomic E-state index is 13.3. The first-order valence-corrected chi connectivity index (χ1v) is 9.55. The number of halogens is 1. The number of hydrogen-bond donors (Lipinski definition) is 1. The summed E-state index contributed by atoms with van der Waals surface area (Å²) in [4.78, 5) is 42.8. The highest BCUT2D eigenvalue weighted by atomic mass is 19.1. The van der Waals surface area contributed by atoms with Crippen molar-refractivity contribution in [2.45, 2.75) is 25.3 Å². The summed E-state index contributed by atoms with van der Waals surface area (Å²) in [6.07, 6.45) is 3.10. The van der Waals surface area contributed by atoms with Crippen LogP contribution in [0.3, 0.4) is 0 Å². The third kappa shape index (κ3) is 3.23. The van der Waals surface area contributed by atoms with E-state index >= 15 is 0 Å². The van der Waals surface area contributed by atoms with E-state index in [2.05, 4.69) is 5.32 Å². The SMILES string of the molecule is CN1C(=O)NC(c2ccc(F)cc2)C2=C1CN(CC(=O)N1CCCCC1)C2=O. The van der Waals surface area contributed by atoms with E-state index in [0.29, 0.717) is 16.8 Å². The summed E-state index contributed by atoms with van der Waals surface area (Å²) in [5.74, 6) is -0.710. The van der Waals surface area contributed by atoms with Crippen molar-refractivity contribution in [2.24, 2.45) is 0 Å². The Morgan fingerprint density at radius 3 is 2.50 bits per heavy atom. The second kappa shape index (κ2) is 7.26. The van der Waals surface area contributed by atoms with Crippen LogP contribution in [-0.2, 0) is 9.59 Å². The van der Waals surface area contributed by atoms with E-state index in [4.69, 9.17) is 0 Å². The number of urea groups is 1. The summed E-state index contributed by atoms with van der Waals surface area (Å²) in [5.41, 5.74) is 1.67. The molecule has 0 saturated carbocycles. The predicted octanol–water partition coefficient (Wildman–Crippen LogP) is 1.63. The van der Waals surface area contributed by atoms with Crippen LogP contribution in [-0.4, -0.2) is 65.8 Å². The molecule has 0 bridgehead atoms. The summed E-state index contributed by atoms with van der Waals surface area (Å²) in [5, 5.41) is 2.80. The predicted molar refractivity (Wildman–Crippen MR) is 99.5 cm³/mol. The molecular formula is C20H23FN4O3. The Kier molecular flexibility index (Phi) is 4.78. The van der Waals surface area contributed by atoms with Crippen LogP contribution in [0.15, 0.2) is 35.5 Å². The zero-order chi connectivity index (χ0) is 19.8. The molecule has 0 spiro atoms. The molecule has 3 aliphatic rings. The van der Waals surface area contributed by atoms with Crippen molar-refractivity contribution < 1.29 is 18.8 Å². The van der Waals surface area contributed by atoms with E-state index in [1.54, 1.807) is 24.1 Å². The van der Waals surface area contributed by atoms with Gasteiger partial charge in [0, 0.05) is 20.1 Å². The van der Waals surface area contributed by atoms with Gasteiger partial charge < -0.3 is 15.1 Å². The molecule has 4 amide bonds. The smallest absolute Gasteiger partial charge is 0.322 e. The van der Waals surface area contributed by atoms with Gasteiger partial charge in [-0.15, -0.1) is 0 Å². The summed E-state index contributed by atoms with van der Waals surface area (Å²) < 4.78 is 13.3. The number of carbonyl (C=O) groups excluding carboxylic acids is 3. The highest BCUT2D eigenvalue weighted by Crippen LogP contribution is 2.35. The quantitative estimate of drug-likeness (QED) is 0.858. The van der Waals surface area contributed by atoms with Crippen molar-refractivity contribution in [3.63, 3.8) is 0 Å². The Bertz CT molecular complexity index is 846. The Morgan fingerprint density at radius 1 is 1.14 bits per heavy atom. The van der Waals surface area contributed by atoms with Gasteiger partial charge in [0.05, 0.1) is 23.9 Å². The number of nitrogens with zero attached hydrogens (tertiary/aromatic N) is 3. The molecule has 1 N–H and O–H groups in total. The Labute approximate surface area is 162 Å². The van der Waals surface area contributed by atoms with E-state index in [1.807, 2.05) is 0 Å². The zero-order valence-corrected chi connectivity index (χ0v) is 15.8. The number of likely N-dealkylation sites (tertiary alicyclic amines) is 1. The third-order valence-electron chi connectivity index (χ3n) is 5.67. The van der Waals surface area contributed by atoms with Crippen LogP contribution in [0, 0.1) is 5.82 Å². The van der Waals surface area contributed by atoms with E-state index < -0.39 is 6.04 Å². The van der Waals surface area contributed by atoms with E-state index in [9.17, 15) is 18.8 Å². The lowest BCUT2D eigenvalue weighted by molar-refractivity contribution is -0.138. The first kappa shape index (κ1) is 18.5. The summed E-state index contributed by atoms with van der Waals surface area (Å²) in [6, 6.07) is 4.75. The molecule has 8 heteroatoms. The second-order valence-electron chi connectivity index (χ2n) is 7.46. The Balaban J connectivity index is 1.57. The standard InChI is InChI=1S/C20H23FN4O3/c1-23-15-11-25(12-16(26)24-9-3-2-4-10-24)19(27)17(15)18(22-20(23)28)13-5-7-14(21)8-6-13/h5-8,18H,2-4,9-12H2,1H3,(H,22,28). The van der Waals surface area contributed by atoms with E-state index in [-0.39, 0.29) is 36.8 Å². The normalized spacial score (nSPS) is 22.5.